The van der Waals surface area contributed by atoms with Crippen LogP contribution in [0, 0.1) is 6.92 Å². The van der Waals surface area contributed by atoms with Crippen molar-refractivity contribution in [3.8, 4) is 5.69 Å². The molecule has 1 fully saturated rings. The summed E-state index contributed by atoms with van der Waals surface area (Å²) in [5.74, 6) is 0. The van der Waals surface area contributed by atoms with Gasteiger partial charge in [-0.1, -0.05) is 18.2 Å². The van der Waals surface area contributed by atoms with E-state index in [1.54, 1.807) is 10.8 Å². The molecule has 4 nitrogen and oxygen atoms in total. The average molecular weight is 243 g/mol. The normalized spacial score (nSPS) is 16.8. The van der Waals surface area contributed by atoms with E-state index in [9.17, 15) is 4.79 Å². The zero-order valence-electron chi connectivity index (χ0n) is 10.4. The summed E-state index contributed by atoms with van der Waals surface area (Å²) < 4.78 is 1.73. The standard InChI is InChI=1S/C14H17N3O/c1-10-8-16-13(18)17(10)12-5-3-2-4-11(12)14(9-15)6-7-14/h2-5,8H,6-7,9,15H2,1H3,(H,16,18). The van der Waals surface area contributed by atoms with Gasteiger partial charge < -0.3 is 10.7 Å². The summed E-state index contributed by atoms with van der Waals surface area (Å²) in [4.78, 5) is 14.6. The number of benzene rings is 1. The van der Waals surface area contributed by atoms with Crippen molar-refractivity contribution in [2.75, 3.05) is 6.54 Å². The molecule has 1 aromatic heterocycles. The number of hydrogen-bond acceptors (Lipinski definition) is 2. The third-order valence-electron chi connectivity index (χ3n) is 3.92. The maximum absolute atomic E-state index is 11.9. The Balaban J connectivity index is 2.22. The molecule has 3 N–H and O–H groups in total. The largest absolute Gasteiger partial charge is 0.330 e. The predicted molar refractivity (Wildman–Crippen MR) is 71.1 cm³/mol. The van der Waals surface area contributed by atoms with E-state index < -0.39 is 0 Å². The van der Waals surface area contributed by atoms with E-state index in [0.29, 0.717) is 6.54 Å². The zero-order valence-corrected chi connectivity index (χ0v) is 10.4. The molecule has 0 amide bonds. The molecule has 0 spiro atoms. The molecule has 0 aliphatic heterocycles. The number of nitrogens with two attached hydrogens (primary N) is 1. The van der Waals surface area contributed by atoms with Gasteiger partial charge in [0.1, 0.15) is 0 Å². The van der Waals surface area contributed by atoms with Gasteiger partial charge in [-0.3, -0.25) is 4.57 Å². The highest BCUT2D eigenvalue weighted by molar-refractivity contribution is 5.49. The molecule has 0 unspecified atom stereocenters. The Morgan fingerprint density at radius 3 is 2.67 bits per heavy atom. The Bertz CT molecular complexity index is 634. The quantitative estimate of drug-likeness (QED) is 0.857. The molecule has 18 heavy (non-hydrogen) atoms. The van der Waals surface area contributed by atoms with Crippen LogP contribution in [0.2, 0.25) is 0 Å². The number of para-hydroxylation sites is 1. The lowest BCUT2D eigenvalue weighted by atomic mass is 9.94. The van der Waals surface area contributed by atoms with Crippen molar-refractivity contribution in [2.45, 2.75) is 25.2 Å². The number of aromatic nitrogens is 2. The predicted octanol–water partition coefficient (Wildman–Crippen LogP) is 1.46. The van der Waals surface area contributed by atoms with Crippen LogP contribution in [-0.2, 0) is 5.41 Å². The van der Waals surface area contributed by atoms with Gasteiger partial charge in [-0.25, -0.2) is 4.79 Å². The van der Waals surface area contributed by atoms with E-state index in [1.807, 2.05) is 25.1 Å². The van der Waals surface area contributed by atoms with Crippen LogP contribution in [0.5, 0.6) is 0 Å². The van der Waals surface area contributed by atoms with E-state index in [1.165, 1.54) is 5.56 Å². The van der Waals surface area contributed by atoms with Crippen molar-refractivity contribution in [2.24, 2.45) is 5.73 Å². The van der Waals surface area contributed by atoms with Crippen LogP contribution in [0.3, 0.4) is 0 Å². The summed E-state index contributed by atoms with van der Waals surface area (Å²) >= 11 is 0. The lowest BCUT2D eigenvalue weighted by Crippen LogP contribution is -2.24. The highest BCUT2D eigenvalue weighted by Crippen LogP contribution is 2.49. The first-order chi connectivity index (χ1) is 8.68. The molecule has 0 radical (unpaired) electrons. The molecule has 1 saturated carbocycles. The first kappa shape index (κ1) is 11.3. The van der Waals surface area contributed by atoms with Crippen molar-refractivity contribution < 1.29 is 0 Å². The molecule has 94 valence electrons. The minimum absolute atomic E-state index is 0.0831. The molecule has 2 aromatic rings. The minimum atomic E-state index is -0.0900. The van der Waals surface area contributed by atoms with Crippen LogP contribution in [0.1, 0.15) is 24.1 Å². The van der Waals surface area contributed by atoms with Crippen molar-refractivity contribution >= 4 is 0 Å². The average Bonchev–Trinajstić information content (AvgIpc) is 3.12. The van der Waals surface area contributed by atoms with Crippen LogP contribution in [0.15, 0.2) is 35.3 Å². The topological polar surface area (TPSA) is 63.8 Å². The second-order valence-electron chi connectivity index (χ2n) is 5.07. The number of rotatable bonds is 3. The lowest BCUT2D eigenvalue weighted by molar-refractivity contribution is 0.695. The summed E-state index contributed by atoms with van der Waals surface area (Å²) in [6, 6.07) is 8.06. The molecule has 0 bridgehead atoms. The third kappa shape index (κ3) is 1.53. The molecule has 0 saturated heterocycles. The van der Waals surface area contributed by atoms with Gasteiger partial charge in [0, 0.05) is 23.9 Å². The zero-order chi connectivity index (χ0) is 12.8. The van der Waals surface area contributed by atoms with Crippen LogP contribution in [0.4, 0.5) is 0 Å². The molecule has 4 heteroatoms. The van der Waals surface area contributed by atoms with Crippen molar-refractivity contribution in [3.05, 3.63) is 52.2 Å². The second kappa shape index (κ2) is 3.85. The number of aryl methyl sites for hydroxylation is 1. The number of aromatic amines is 1. The maximum atomic E-state index is 11.9. The monoisotopic (exact) mass is 243 g/mol. The van der Waals surface area contributed by atoms with E-state index in [4.69, 9.17) is 5.73 Å². The Morgan fingerprint density at radius 1 is 1.39 bits per heavy atom. The minimum Gasteiger partial charge on any atom is -0.330 e. The summed E-state index contributed by atoms with van der Waals surface area (Å²) in [6.07, 6.45) is 3.96. The first-order valence-corrected chi connectivity index (χ1v) is 6.25. The number of hydrogen-bond donors (Lipinski definition) is 2. The smallest absolute Gasteiger partial charge is 0.330 e. The Kier molecular flexibility index (Phi) is 2.41. The van der Waals surface area contributed by atoms with Gasteiger partial charge in [0.15, 0.2) is 0 Å². The van der Waals surface area contributed by atoms with Gasteiger partial charge in [0.2, 0.25) is 0 Å². The fourth-order valence-corrected chi connectivity index (χ4v) is 2.61. The summed E-state index contributed by atoms with van der Waals surface area (Å²) in [6.45, 7) is 2.57. The van der Waals surface area contributed by atoms with Crippen LogP contribution in [-0.4, -0.2) is 16.1 Å². The molecular weight excluding hydrogens is 226 g/mol. The highest BCUT2D eigenvalue weighted by atomic mass is 16.1. The number of nitrogens with zero attached hydrogens (tertiary/aromatic N) is 1. The fourth-order valence-electron chi connectivity index (χ4n) is 2.61. The maximum Gasteiger partial charge on any atom is 0.330 e. The first-order valence-electron chi connectivity index (χ1n) is 6.25. The van der Waals surface area contributed by atoms with Gasteiger partial charge in [-0.05, 0) is 31.4 Å². The summed E-state index contributed by atoms with van der Waals surface area (Å²) in [5.41, 5.74) is 8.97. The Hall–Kier alpha value is -1.81. The lowest BCUT2D eigenvalue weighted by Gasteiger charge is -2.18. The van der Waals surface area contributed by atoms with Gasteiger partial charge in [-0.15, -0.1) is 0 Å². The highest BCUT2D eigenvalue weighted by Gasteiger charge is 2.44. The molecule has 3 rings (SSSR count). The third-order valence-corrected chi connectivity index (χ3v) is 3.92. The Morgan fingerprint density at radius 2 is 2.11 bits per heavy atom. The number of imidazole rings is 1. The summed E-state index contributed by atoms with van der Waals surface area (Å²) in [5, 5.41) is 0. The van der Waals surface area contributed by atoms with Gasteiger partial charge >= 0.3 is 5.69 Å². The fraction of sp³-hybridized carbons (Fsp3) is 0.357. The molecule has 1 aliphatic rings. The van der Waals surface area contributed by atoms with E-state index in [-0.39, 0.29) is 11.1 Å². The van der Waals surface area contributed by atoms with Crippen molar-refractivity contribution in [1.29, 1.82) is 0 Å². The summed E-state index contributed by atoms with van der Waals surface area (Å²) in [7, 11) is 0. The van der Waals surface area contributed by atoms with Crippen molar-refractivity contribution in [1.82, 2.24) is 9.55 Å². The van der Waals surface area contributed by atoms with Gasteiger partial charge in [0.05, 0.1) is 5.69 Å². The van der Waals surface area contributed by atoms with E-state index in [2.05, 4.69) is 11.1 Å². The SMILES string of the molecule is Cc1c[nH]c(=O)n1-c1ccccc1C1(CN)CC1. The van der Waals surface area contributed by atoms with Crippen LogP contribution >= 0.6 is 0 Å². The number of H-pyrrole nitrogens is 1. The second-order valence-corrected chi connectivity index (χ2v) is 5.07. The van der Waals surface area contributed by atoms with Gasteiger partial charge in [-0.2, -0.15) is 0 Å². The van der Waals surface area contributed by atoms with E-state index >= 15 is 0 Å². The van der Waals surface area contributed by atoms with Crippen LogP contribution < -0.4 is 11.4 Å². The van der Waals surface area contributed by atoms with E-state index in [0.717, 1.165) is 24.2 Å². The number of nitrogens with one attached hydrogen (secondary N) is 1. The molecule has 1 heterocycles. The van der Waals surface area contributed by atoms with Gasteiger partial charge in [0.25, 0.3) is 0 Å². The van der Waals surface area contributed by atoms with Crippen molar-refractivity contribution in [3.63, 3.8) is 0 Å². The van der Waals surface area contributed by atoms with Crippen LogP contribution in [0.25, 0.3) is 5.69 Å². The Labute approximate surface area is 105 Å². The molecule has 1 aromatic carbocycles. The molecular formula is C14H17N3O. The molecule has 0 atom stereocenters. The molecule has 1 aliphatic carbocycles.